The maximum absolute atomic E-state index is 12.4. The fraction of sp³-hybridized carbons (Fsp3) is 0.280. The lowest BCUT2D eigenvalue weighted by atomic mass is 9.87. The number of carbonyl (C=O) groups is 1. The zero-order valence-electron chi connectivity index (χ0n) is 19.1. The lowest BCUT2D eigenvalue weighted by molar-refractivity contribution is -0.139. The Morgan fingerprint density at radius 3 is 2.69 bits per heavy atom. The predicted octanol–water partition coefficient (Wildman–Crippen LogP) is 4.31. The summed E-state index contributed by atoms with van der Waals surface area (Å²) in [5.41, 5.74) is 2.91. The number of aliphatic hydroxyl groups excluding tert-OH is 1. The quantitative estimate of drug-likeness (QED) is 0.342. The molecule has 3 aromatic rings. The number of halogens is 1. The van der Waals surface area contributed by atoms with E-state index in [9.17, 15) is 13.6 Å². The van der Waals surface area contributed by atoms with Gasteiger partial charge in [0.25, 0.3) is 0 Å². The van der Waals surface area contributed by atoms with Crippen molar-refractivity contribution < 1.29 is 33.2 Å². The normalized spacial score (nSPS) is 15.6. The fourth-order valence-corrected chi connectivity index (χ4v) is 5.37. The van der Waals surface area contributed by atoms with Gasteiger partial charge in [-0.3, -0.25) is 8.51 Å². The van der Waals surface area contributed by atoms with Crippen LogP contribution in [0.3, 0.4) is 0 Å². The van der Waals surface area contributed by atoms with Crippen molar-refractivity contribution >= 4 is 38.9 Å². The molecule has 9 nitrogen and oxygen atoms in total. The van der Waals surface area contributed by atoms with E-state index in [0.29, 0.717) is 47.3 Å². The van der Waals surface area contributed by atoms with E-state index in [1.54, 1.807) is 30.3 Å². The average molecular weight is 576 g/mol. The minimum absolute atomic E-state index is 0.0640. The van der Waals surface area contributed by atoms with Crippen molar-refractivity contribution in [1.82, 2.24) is 4.98 Å². The molecule has 2 aromatic carbocycles. The van der Waals surface area contributed by atoms with Gasteiger partial charge in [-0.1, -0.05) is 24.3 Å². The van der Waals surface area contributed by atoms with Crippen molar-refractivity contribution in [3.8, 4) is 17.4 Å². The van der Waals surface area contributed by atoms with Crippen molar-refractivity contribution in [2.24, 2.45) is 0 Å². The molecule has 1 aromatic heterocycles. The largest absolute Gasteiger partial charge is 0.755 e. The molecule has 36 heavy (non-hydrogen) atoms. The first-order chi connectivity index (χ1) is 17.4. The number of nitrogens with zero attached hydrogens (tertiary/aromatic N) is 2. The summed E-state index contributed by atoms with van der Waals surface area (Å²) >= 11 is 0.831. The molecule has 11 heteroatoms. The molecule has 0 fully saturated rings. The van der Waals surface area contributed by atoms with Gasteiger partial charge in [-0.25, -0.2) is 9.78 Å². The first-order valence-corrected chi connectivity index (χ1v) is 13.1. The van der Waals surface area contributed by atoms with Gasteiger partial charge < -0.3 is 24.2 Å². The van der Waals surface area contributed by atoms with Crippen molar-refractivity contribution in [3.05, 3.63) is 75.9 Å². The number of rotatable bonds is 10. The van der Waals surface area contributed by atoms with E-state index in [4.69, 9.17) is 19.7 Å². The Morgan fingerprint density at radius 2 is 2.03 bits per heavy atom. The maximum atomic E-state index is 12.4. The zero-order chi connectivity index (χ0) is 25.7. The van der Waals surface area contributed by atoms with Crippen LogP contribution in [-0.4, -0.2) is 43.1 Å². The Hall–Kier alpha value is -2.99. The maximum Gasteiger partial charge on any atom is 0.341 e. The Kier molecular flexibility index (Phi) is 8.57. The third kappa shape index (κ3) is 6.04. The summed E-state index contributed by atoms with van der Waals surface area (Å²) in [7, 11) is 0. The van der Waals surface area contributed by atoms with Gasteiger partial charge in [0.2, 0.25) is 5.88 Å². The molecule has 1 aliphatic rings. The zero-order valence-corrected chi connectivity index (χ0v) is 21.5. The Labute approximate surface area is 219 Å². The Bertz CT molecular complexity index is 1260. The van der Waals surface area contributed by atoms with Crippen LogP contribution in [0, 0.1) is 0 Å². The number of aliphatic hydroxyl groups is 1. The molecule has 1 heterocycles. The van der Waals surface area contributed by atoms with Crippen LogP contribution in [0.2, 0.25) is 0 Å². The van der Waals surface area contributed by atoms with E-state index in [0.717, 1.165) is 16.7 Å². The van der Waals surface area contributed by atoms with E-state index >= 15 is 0 Å². The summed E-state index contributed by atoms with van der Waals surface area (Å²) < 4.78 is 37.9. The molecule has 0 saturated heterocycles. The summed E-state index contributed by atoms with van der Waals surface area (Å²) in [6, 6.07) is 13.7. The molecule has 1 aliphatic carbocycles. The molecule has 4 rings (SSSR count). The summed E-state index contributed by atoms with van der Waals surface area (Å²) in [6.07, 6.45) is 3.94. The molecule has 0 amide bonds. The molecule has 0 radical (unpaired) electrons. The van der Waals surface area contributed by atoms with Crippen LogP contribution in [0.4, 0.5) is 5.69 Å². The number of ether oxygens (including phenoxy) is 2. The Morgan fingerprint density at radius 1 is 1.25 bits per heavy atom. The fourth-order valence-electron chi connectivity index (χ4n) is 4.25. The molecule has 2 N–H and O–H groups in total. The van der Waals surface area contributed by atoms with Crippen LogP contribution in [-0.2, 0) is 28.9 Å². The number of aromatic nitrogens is 1. The third-order valence-electron chi connectivity index (χ3n) is 5.81. The Balaban J connectivity index is 1.60. The van der Waals surface area contributed by atoms with Gasteiger partial charge in [-0.2, -0.15) is 0 Å². The molecule has 0 aliphatic heterocycles. The van der Waals surface area contributed by atoms with E-state index in [1.165, 1.54) is 10.5 Å². The number of hydrogen-bond donors (Lipinski definition) is 2. The topological polar surface area (TPSA) is 132 Å². The van der Waals surface area contributed by atoms with E-state index < -0.39 is 29.9 Å². The van der Waals surface area contributed by atoms with Crippen molar-refractivity contribution in [2.75, 3.05) is 17.5 Å². The molecular weight excluding hydrogens is 552 g/mol. The highest BCUT2D eigenvalue weighted by Crippen LogP contribution is 2.42. The second-order valence-corrected chi connectivity index (χ2v) is 9.84. The lowest BCUT2D eigenvalue weighted by Crippen LogP contribution is -2.33. The molecule has 0 spiro atoms. The SMILES string of the molecule is O=C(O)COc1cccc2c1CCCC2N(c1cnc(Oc2ccc(CCO)cc2)c(Br)c1)S(=O)[O-]. The number of fused-ring (bicyclic) bond motifs is 1. The number of pyridine rings is 1. The van der Waals surface area contributed by atoms with E-state index in [-0.39, 0.29) is 12.5 Å². The standard InChI is InChI=1S/C25H25BrN2O7S/c26-21-13-17(14-27-25(21)35-18-9-7-16(8-10-18)11-12-29)28(36(32)33)22-5-1-4-20-19(22)3-2-6-23(20)34-15-24(30)31/h2-3,6-10,13-14,22,29H,1,4-5,11-12,15H2,(H,30,31)(H,32,33)/p-1. The van der Waals surface area contributed by atoms with Gasteiger partial charge in [-0.15, -0.1) is 0 Å². The number of benzene rings is 2. The van der Waals surface area contributed by atoms with Crippen molar-refractivity contribution in [1.29, 1.82) is 0 Å². The molecular formula is C25H24BrN2O7S-. The minimum atomic E-state index is -2.61. The summed E-state index contributed by atoms with van der Waals surface area (Å²) in [5.74, 6) is 0.196. The molecule has 190 valence electrons. The van der Waals surface area contributed by atoms with Gasteiger partial charge in [0.05, 0.1) is 22.4 Å². The number of carboxylic acid groups (broad SMARTS) is 1. The molecule has 0 bridgehead atoms. The number of carboxylic acids is 1. The highest BCUT2D eigenvalue weighted by molar-refractivity contribution is 9.10. The van der Waals surface area contributed by atoms with Crippen molar-refractivity contribution in [3.63, 3.8) is 0 Å². The third-order valence-corrected chi connectivity index (χ3v) is 7.17. The number of hydrogen-bond acceptors (Lipinski definition) is 7. The van der Waals surface area contributed by atoms with Crippen LogP contribution in [0.1, 0.15) is 35.6 Å². The van der Waals surface area contributed by atoms with Crippen LogP contribution >= 0.6 is 15.9 Å². The predicted molar refractivity (Wildman–Crippen MR) is 136 cm³/mol. The minimum Gasteiger partial charge on any atom is -0.755 e. The summed E-state index contributed by atoms with van der Waals surface area (Å²) in [4.78, 5) is 15.3. The van der Waals surface area contributed by atoms with Gasteiger partial charge in [0, 0.05) is 17.9 Å². The van der Waals surface area contributed by atoms with Gasteiger partial charge in [0.15, 0.2) is 6.61 Å². The van der Waals surface area contributed by atoms with E-state index in [1.807, 2.05) is 18.2 Å². The smallest absolute Gasteiger partial charge is 0.341 e. The molecule has 2 atom stereocenters. The molecule has 0 saturated carbocycles. The monoisotopic (exact) mass is 575 g/mol. The number of aliphatic carboxylic acids is 1. The second-order valence-electron chi connectivity index (χ2n) is 8.16. The first kappa shape index (κ1) is 26.1. The van der Waals surface area contributed by atoms with Crippen LogP contribution in [0.15, 0.2) is 59.2 Å². The summed E-state index contributed by atoms with van der Waals surface area (Å²) in [6.45, 7) is -0.407. The average Bonchev–Trinajstić information content (AvgIpc) is 2.85. The number of anilines is 1. The highest BCUT2D eigenvalue weighted by Gasteiger charge is 2.30. The van der Waals surface area contributed by atoms with Crippen LogP contribution < -0.4 is 13.8 Å². The van der Waals surface area contributed by atoms with E-state index in [2.05, 4.69) is 20.9 Å². The van der Waals surface area contributed by atoms with Crippen LogP contribution in [0.25, 0.3) is 0 Å². The van der Waals surface area contributed by atoms with Crippen molar-refractivity contribution in [2.45, 2.75) is 31.7 Å². The summed E-state index contributed by atoms with van der Waals surface area (Å²) in [5, 5.41) is 18.0. The van der Waals surface area contributed by atoms with Crippen LogP contribution in [0.5, 0.6) is 17.4 Å². The van der Waals surface area contributed by atoms with Gasteiger partial charge in [0.1, 0.15) is 11.5 Å². The molecule has 2 unspecified atom stereocenters. The lowest BCUT2D eigenvalue weighted by Gasteiger charge is -2.38. The van der Waals surface area contributed by atoms with Gasteiger partial charge in [-0.05, 0) is 82.6 Å². The van der Waals surface area contributed by atoms with Gasteiger partial charge >= 0.3 is 5.97 Å². The highest BCUT2D eigenvalue weighted by atomic mass is 79.9. The second kappa shape index (κ2) is 11.8. The first-order valence-electron chi connectivity index (χ1n) is 11.3.